The van der Waals surface area contributed by atoms with Crippen molar-refractivity contribution in [3.8, 4) is 0 Å². The molecule has 1 aliphatic rings. The summed E-state index contributed by atoms with van der Waals surface area (Å²) in [6, 6.07) is 0. The summed E-state index contributed by atoms with van der Waals surface area (Å²) in [4.78, 5) is 4.33. The van der Waals surface area contributed by atoms with E-state index in [0.717, 1.165) is 37.6 Å². The van der Waals surface area contributed by atoms with Crippen LogP contribution in [-0.2, 0) is 11.3 Å². The Morgan fingerprint density at radius 2 is 2.62 bits per heavy atom. The monoisotopic (exact) mass is 182 g/mol. The van der Waals surface area contributed by atoms with Crippen molar-refractivity contribution in [2.45, 2.75) is 25.5 Å². The van der Waals surface area contributed by atoms with Gasteiger partial charge in [0.25, 0.3) is 0 Å². The lowest BCUT2D eigenvalue weighted by Crippen LogP contribution is -2.05. The predicted octanol–water partition coefficient (Wildman–Crippen LogP) is 1.25. The molecule has 1 fully saturated rings. The molecular weight excluding hydrogens is 168 g/mol. The summed E-state index contributed by atoms with van der Waals surface area (Å²) < 4.78 is 10.8. The normalized spacial score (nSPS) is 22.4. The van der Waals surface area contributed by atoms with E-state index in [2.05, 4.69) is 10.3 Å². The fraction of sp³-hybridized carbons (Fsp3) is 0.667. The second kappa shape index (κ2) is 3.89. The Labute approximate surface area is 77.3 Å². The highest BCUT2D eigenvalue weighted by Crippen LogP contribution is 2.27. The zero-order valence-electron chi connectivity index (χ0n) is 7.75. The van der Waals surface area contributed by atoms with E-state index in [0.29, 0.717) is 0 Å². The van der Waals surface area contributed by atoms with E-state index in [1.165, 1.54) is 0 Å². The van der Waals surface area contributed by atoms with Crippen molar-refractivity contribution in [1.82, 2.24) is 10.3 Å². The molecular formula is C9H14N2O2. The topological polar surface area (TPSA) is 47.3 Å². The number of aromatic nitrogens is 1. The summed E-state index contributed by atoms with van der Waals surface area (Å²) >= 11 is 0. The van der Waals surface area contributed by atoms with Gasteiger partial charge in [-0.05, 0) is 19.9 Å². The van der Waals surface area contributed by atoms with Crippen LogP contribution in [0.3, 0.4) is 0 Å². The van der Waals surface area contributed by atoms with Crippen LogP contribution in [-0.4, -0.2) is 18.6 Å². The van der Waals surface area contributed by atoms with Gasteiger partial charge < -0.3 is 14.5 Å². The second-order valence-corrected chi connectivity index (χ2v) is 3.21. The summed E-state index contributed by atoms with van der Waals surface area (Å²) in [6.07, 6.45) is 3.91. The average Bonchev–Trinajstić information content (AvgIpc) is 2.70. The first kappa shape index (κ1) is 8.72. The van der Waals surface area contributed by atoms with Crippen LogP contribution in [0, 0.1) is 0 Å². The van der Waals surface area contributed by atoms with Gasteiger partial charge in [0.1, 0.15) is 12.4 Å². The van der Waals surface area contributed by atoms with Gasteiger partial charge in [0.15, 0.2) is 0 Å². The number of rotatable bonds is 3. The number of ether oxygens (including phenoxy) is 1. The third kappa shape index (κ3) is 1.89. The zero-order valence-corrected chi connectivity index (χ0v) is 7.75. The van der Waals surface area contributed by atoms with Gasteiger partial charge in [-0.1, -0.05) is 0 Å². The number of oxazole rings is 1. The highest BCUT2D eigenvalue weighted by Gasteiger charge is 2.22. The molecule has 1 aliphatic heterocycles. The predicted molar refractivity (Wildman–Crippen MR) is 47.2 cm³/mol. The summed E-state index contributed by atoms with van der Waals surface area (Å²) in [5, 5.41) is 3.02. The number of hydrogen-bond donors (Lipinski definition) is 1. The molecule has 72 valence electrons. The van der Waals surface area contributed by atoms with E-state index >= 15 is 0 Å². The van der Waals surface area contributed by atoms with E-state index in [1.54, 1.807) is 6.26 Å². The maximum Gasteiger partial charge on any atom is 0.223 e. The largest absolute Gasteiger partial charge is 0.446 e. The van der Waals surface area contributed by atoms with Crippen molar-refractivity contribution < 1.29 is 9.15 Å². The van der Waals surface area contributed by atoms with Crippen molar-refractivity contribution >= 4 is 0 Å². The van der Waals surface area contributed by atoms with Crippen LogP contribution in [0.1, 0.15) is 30.5 Å². The van der Waals surface area contributed by atoms with Crippen LogP contribution >= 0.6 is 0 Å². The van der Waals surface area contributed by atoms with Crippen LogP contribution in [0.25, 0.3) is 0 Å². The standard InChI is InChI=1S/C9H14N2O2/c1-10-5-7-6-13-9(11-7)8-3-2-4-12-8/h6,8,10H,2-5H2,1H3. The van der Waals surface area contributed by atoms with Gasteiger partial charge >= 0.3 is 0 Å². The van der Waals surface area contributed by atoms with Crippen LogP contribution in [0.4, 0.5) is 0 Å². The third-order valence-corrected chi connectivity index (χ3v) is 2.13. The van der Waals surface area contributed by atoms with E-state index in [9.17, 15) is 0 Å². The maximum absolute atomic E-state index is 5.45. The molecule has 1 unspecified atom stereocenters. The molecule has 1 N–H and O–H groups in total. The molecule has 1 aromatic heterocycles. The molecule has 0 aliphatic carbocycles. The molecule has 1 atom stereocenters. The molecule has 4 heteroatoms. The van der Waals surface area contributed by atoms with E-state index in [-0.39, 0.29) is 6.10 Å². The maximum atomic E-state index is 5.45. The lowest BCUT2D eigenvalue weighted by molar-refractivity contribution is 0.0892. The molecule has 2 rings (SSSR count). The van der Waals surface area contributed by atoms with Crippen molar-refractivity contribution in [3.05, 3.63) is 17.8 Å². The van der Waals surface area contributed by atoms with E-state index in [4.69, 9.17) is 9.15 Å². The SMILES string of the molecule is CNCc1coc(C2CCCO2)n1. The van der Waals surface area contributed by atoms with Crippen molar-refractivity contribution in [2.24, 2.45) is 0 Å². The van der Waals surface area contributed by atoms with Gasteiger partial charge in [-0.25, -0.2) is 4.98 Å². The quantitative estimate of drug-likeness (QED) is 0.764. The van der Waals surface area contributed by atoms with Crippen LogP contribution in [0.15, 0.2) is 10.7 Å². The molecule has 13 heavy (non-hydrogen) atoms. The molecule has 0 radical (unpaired) electrons. The zero-order chi connectivity index (χ0) is 9.10. The third-order valence-electron chi connectivity index (χ3n) is 2.13. The van der Waals surface area contributed by atoms with Gasteiger partial charge in [0, 0.05) is 13.2 Å². The summed E-state index contributed by atoms with van der Waals surface area (Å²) in [6.45, 7) is 1.57. The van der Waals surface area contributed by atoms with Gasteiger partial charge in [-0.15, -0.1) is 0 Å². The van der Waals surface area contributed by atoms with E-state index < -0.39 is 0 Å². The fourth-order valence-electron chi connectivity index (χ4n) is 1.51. The van der Waals surface area contributed by atoms with E-state index in [1.807, 2.05) is 7.05 Å². The molecule has 0 spiro atoms. The van der Waals surface area contributed by atoms with Crippen LogP contribution < -0.4 is 5.32 Å². The Bertz CT molecular complexity index is 266. The molecule has 2 heterocycles. The van der Waals surface area contributed by atoms with Crippen molar-refractivity contribution in [3.63, 3.8) is 0 Å². The lowest BCUT2D eigenvalue weighted by atomic mass is 10.2. The summed E-state index contributed by atoms with van der Waals surface area (Å²) in [5.74, 6) is 0.725. The second-order valence-electron chi connectivity index (χ2n) is 3.21. The Balaban J connectivity index is 2.03. The minimum atomic E-state index is 0.0885. The Morgan fingerprint density at radius 3 is 3.31 bits per heavy atom. The summed E-state index contributed by atoms with van der Waals surface area (Å²) in [5.41, 5.74) is 0.938. The first-order chi connectivity index (χ1) is 6.40. The highest BCUT2D eigenvalue weighted by atomic mass is 16.5. The number of nitrogens with zero attached hydrogens (tertiary/aromatic N) is 1. The first-order valence-electron chi connectivity index (χ1n) is 4.60. The van der Waals surface area contributed by atoms with Gasteiger partial charge in [0.2, 0.25) is 5.89 Å². The minimum absolute atomic E-state index is 0.0885. The van der Waals surface area contributed by atoms with Gasteiger partial charge in [-0.2, -0.15) is 0 Å². The molecule has 0 aromatic carbocycles. The van der Waals surface area contributed by atoms with Crippen LogP contribution in [0.5, 0.6) is 0 Å². The smallest absolute Gasteiger partial charge is 0.223 e. The van der Waals surface area contributed by atoms with Gasteiger partial charge in [-0.3, -0.25) is 0 Å². The number of nitrogens with one attached hydrogen (secondary N) is 1. The van der Waals surface area contributed by atoms with Gasteiger partial charge in [0.05, 0.1) is 5.69 Å². The lowest BCUT2D eigenvalue weighted by Gasteiger charge is -2.01. The molecule has 1 aromatic rings. The Morgan fingerprint density at radius 1 is 1.69 bits per heavy atom. The molecule has 4 nitrogen and oxygen atoms in total. The minimum Gasteiger partial charge on any atom is -0.446 e. The summed E-state index contributed by atoms with van der Waals surface area (Å²) in [7, 11) is 1.89. The van der Waals surface area contributed by atoms with Crippen molar-refractivity contribution in [1.29, 1.82) is 0 Å². The molecule has 0 amide bonds. The molecule has 1 saturated heterocycles. The molecule has 0 saturated carbocycles. The highest BCUT2D eigenvalue weighted by molar-refractivity contribution is 4.99. The average molecular weight is 182 g/mol. The first-order valence-corrected chi connectivity index (χ1v) is 4.60. The number of hydrogen-bond acceptors (Lipinski definition) is 4. The fourth-order valence-corrected chi connectivity index (χ4v) is 1.51. The Hall–Kier alpha value is -0.870. The Kier molecular flexibility index (Phi) is 2.61. The van der Waals surface area contributed by atoms with Crippen molar-refractivity contribution in [2.75, 3.05) is 13.7 Å². The van der Waals surface area contributed by atoms with Crippen LogP contribution in [0.2, 0.25) is 0 Å². The molecule has 0 bridgehead atoms.